The molecule has 1 atom stereocenters. The van der Waals surface area contributed by atoms with Gasteiger partial charge in [0.15, 0.2) is 11.6 Å². The van der Waals surface area contributed by atoms with Gasteiger partial charge in [0.05, 0.1) is 19.2 Å². The molecule has 1 aromatic carbocycles. The Hall–Kier alpha value is -3.42. The van der Waals surface area contributed by atoms with Crippen molar-refractivity contribution in [2.45, 2.75) is 70.8 Å². The number of esters is 1. The normalized spacial score (nSPS) is 14.0. The zero-order valence-electron chi connectivity index (χ0n) is 21.5. The Kier molecular flexibility index (Phi) is 7.91. The summed E-state index contributed by atoms with van der Waals surface area (Å²) in [5.41, 5.74) is 4.03. The van der Waals surface area contributed by atoms with Crippen LogP contribution in [0, 0.1) is 5.82 Å². The Labute approximate surface area is 211 Å². The first kappa shape index (κ1) is 25.7. The summed E-state index contributed by atoms with van der Waals surface area (Å²) in [6.45, 7) is 6.45. The summed E-state index contributed by atoms with van der Waals surface area (Å²) in [6.07, 6.45) is 4.83. The van der Waals surface area contributed by atoms with Gasteiger partial charge in [0.25, 0.3) is 0 Å². The van der Waals surface area contributed by atoms with Crippen LogP contribution in [0.15, 0.2) is 36.4 Å². The number of nitrogens with one attached hydrogen (secondary N) is 2. The first-order valence-electron chi connectivity index (χ1n) is 12.5. The maximum Gasteiger partial charge on any atom is 0.307 e. The lowest BCUT2D eigenvalue weighted by atomic mass is 9.91. The summed E-state index contributed by atoms with van der Waals surface area (Å²) >= 11 is 0. The van der Waals surface area contributed by atoms with Crippen molar-refractivity contribution in [2.75, 3.05) is 19.0 Å². The van der Waals surface area contributed by atoms with E-state index in [4.69, 9.17) is 14.5 Å². The lowest BCUT2D eigenvalue weighted by Crippen LogP contribution is -2.25. The monoisotopic (exact) mass is 494 g/mol. The first-order chi connectivity index (χ1) is 17.2. The van der Waals surface area contributed by atoms with Gasteiger partial charge >= 0.3 is 5.97 Å². The van der Waals surface area contributed by atoms with Crippen molar-refractivity contribution >= 4 is 11.8 Å². The van der Waals surface area contributed by atoms with Gasteiger partial charge in [0.2, 0.25) is 0 Å². The molecule has 3 aromatic rings. The van der Waals surface area contributed by atoms with Gasteiger partial charge in [-0.05, 0) is 88.3 Å². The number of nitrogens with zero attached hydrogens (tertiary/aromatic N) is 2. The van der Waals surface area contributed by atoms with Crippen molar-refractivity contribution < 1.29 is 18.7 Å². The van der Waals surface area contributed by atoms with Gasteiger partial charge in [0.1, 0.15) is 11.4 Å². The van der Waals surface area contributed by atoms with Gasteiger partial charge in [-0.25, -0.2) is 9.37 Å². The van der Waals surface area contributed by atoms with Crippen LogP contribution in [-0.2, 0) is 28.8 Å². The third-order valence-corrected chi connectivity index (χ3v) is 6.21. The summed E-state index contributed by atoms with van der Waals surface area (Å²) in [5, 5.41) is 11.0. The molecule has 0 fully saturated rings. The molecule has 192 valence electrons. The molecule has 0 amide bonds. The molecular formula is C28H35FN4O3. The highest BCUT2D eigenvalue weighted by Crippen LogP contribution is 2.31. The van der Waals surface area contributed by atoms with Crippen molar-refractivity contribution in [3.63, 3.8) is 0 Å². The number of carbonyl (C=O) groups excluding carboxylic acids is 1. The molecule has 0 bridgehead atoms. The van der Waals surface area contributed by atoms with Crippen molar-refractivity contribution in [3.05, 3.63) is 70.4 Å². The highest BCUT2D eigenvalue weighted by atomic mass is 19.1. The van der Waals surface area contributed by atoms with Gasteiger partial charge < -0.3 is 14.8 Å². The number of benzene rings is 1. The van der Waals surface area contributed by atoms with Crippen LogP contribution in [0.25, 0.3) is 0 Å². The number of hydrogen-bond donors (Lipinski definition) is 2. The number of rotatable bonds is 9. The van der Waals surface area contributed by atoms with Crippen molar-refractivity contribution in [3.8, 4) is 5.75 Å². The fourth-order valence-corrected chi connectivity index (χ4v) is 4.50. The van der Waals surface area contributed by atoms with Crippen LogP contribution in [0.3, 0.4) is 0 Å². The van der Waals surface area contributed by atoms with Crippen LogP contribution in [0.4, 0.5) is 10.2 Å². The Morgan fingerprint density at radius 3 is 2.75 bits per heavy atom. The average molecular weight is 495 g/mol. The maximum atomic E-state index is 14.5. The molecular weight excluding hydrogens is 459 g/mol. The van der Waals surface area contributed by atoms with Gasteiger partial charge in [-0.3, -0.25) is 9.89 Å². The van der Waals surface area contributed by atoms with Crippen LogP contribution in [-0.4, -0.2) is 40.4 Å². The predicted molar refractivity (Wildman–Crippen MR) is 137 cm³/mol. The number of anilines is 1. The molecule has 3 heterocycles. The lowest BCUT2D eigenvalue weighted by molar-refractivity contribution is -0.155. The highest BCUT2D eigenvalue weighted by Gasteiger charge is 2.26. The zero-order chi connectivity index (χ0) is 25.7. The summed E-state index contributed by atoms with van der Waals surface area (Å²) in [5.74, 6) is -0.117. The second kappa shape index (κ2) is 11.1. The fourth-order valence-electron chi connectivity index (χ4n) is 4.50. The minimum Gasteiger partial charge on any atom is -0.494 e. The number of aryl methyl sites for hydroxylation is 3. The number of carbonyl (C=O) groups is 1. The van der Waals surface area contributed by atoms with Gasteiger partial charge in [-0.2, -0.15) is 5.10 Å². The second-order valence-corrected chi connectivity index (χ2v) is 10.2. The molecule has 0 saturated heterocycles. The maximum absolute atomic E-state index is 14.5. The molecule has 36 heavy (non-hydrogen) atoms. The predicted octanol–water partition coefficient (Wildman–Crippen LogP) is 5.35. The van der Waals surface area contributed by atoms with E-state index in [2.05, 4.69) is 27.6 Å². The average Bonchev–Trinajstić information content (AvgIpc) is 3.30. The van der Waals surface area contributed by atoms with Crippen LogP contribution in [0.1, 0.15) is 74.2 Å². The van der Waals surface area contributed by atoms with E-state index in [1.165, 1.54) is 18.7 Å². The van der Waals surface area contributed by atoms with Gasteiger partial charge in [-0.1, -0.05) is 12.1 Å². The van der Waals surface area contributed by atoms with E-state index >= 15 is 0 Å². The van der Waals surface area contributed by atoms with E-state index in [0.29, 0.717) is 11.3 Å². The van der Waals surface area contributed by atoms with Gasteiger partial charge in [-0.15, -0.1) is 0 Å². The number of aromatic amines is 1. The minimum atomic E-state index is -0.607. The number of methoxy groups -OCH3 is 1. The molecule has 2 aromatic heterocycles. The number of pyridine rings is 1. The zero-order valence-corrected chi connectivity index (χ0v) is 21.5. The SMILES string of the molecule is COc1ccc(C(CC(=O)OC(C)(C)C)c2cc(CCCc3ccc4c(n3)NCCC4)[nH]n2)cc1F. The van der Waals surface area contributed by atoms with E-state index in [0.717, 1.165) is 55.9 Å². The summed E-state index contributed by atoms with van der Waals surface area (Å²) in [7, 11) is 1.42. The molecule has 1 unspecified atom stereocenters. The summed E-state index contributed by atoms with van der Waals surface area (Å²) in [4.78, 5) is 17.4. The van der Waals surface area contributed by atoms with Crippen molar-refractivity contribution in [2.24, 2.45) is 0 Å². The first-order valence-corrected chi connectivity index (χ1v) is 12.5. The standard InChI is InChI=1S/C28H35FN4O3/c1-28(2,3)36-26(34)17-22(19-11-13-25(35-4)23(29)15-19)24-16-21(32-33-24)9-5-8-20-12-10-18-7-6-14-30-27(18)31-20/h10-13,15-16,22H,5-9,14,17H2,1-4H3,(H,30,31)(H,32,33). The lowest BCUT2D eigenvalue weighted by Gasteiger charge is -2.22. The van der Waals surface area contributed by atoms with Crippen molar-refractivity contribution in [1.29, 1.82) is 0 Å². The molecule has 0 aliphatic carbocycles. The molecule has 8 heteroatoms. The topological polar surface area (TPSA) is 89.1 Å². The van der Waals surface area contributed by atoms with Crippen LogP contribution >= 0.6 is 0 Å². The third kappa shape index (κ3) is 6.62. The summed E-state index contributed by atoms with van der Waals surface area (Å²) < 4.78 is 25.1. The third-order valence-electron chi connectivity index (χ3n) is 6.21. The van der Waals surface area contributed by atoms with Crippen LogP contribution in [0.2, 0.25) is 0 Å². The molecule has 4 rings (SSSR count). The Morgan fingerprint density at radius 1 is 1.17 bits per heavy atom. The molecule has 0 radical (unpaired) electrons. The highest BCUT2D eigenvalue weighted by molar-refractivity contribution is 5.71. The second-order valence-electron chi connectivity index (χ2n) is 10.2. The Balaban J connectivity index is 1.46. The van der Waals surface area contributed by atoms with Gasteiger partial charge in [0, 0.05) is 23.9 Å². The fraction of sp³-hybridized carbons (Fsp3) is 0.464. The van der Waals surface area contributed by atoms with Crippen LogP contribution in [0.5, 0.6) is 5.75 Å². The molecule has 0 saturated carbocycles. The Morgan fingerprint density at radius 2 is 2.00 bits per heavy atom. The molecule has 1 aliphatic heterocycles. The Bertz CT molecular complexity index is 1200. The van der Waals surface area contributed by atoms with Crippen molar-refractivity contribution in [1.82, 2.24) is 15.2 Å². The van der Waals surface area contributed by atoms with E-state index in [1.54, 1.807) is 12.1 Å². The number of hydrogen-bond acceptors (Lipinski definition) is 6. The number of aromatic nitrogens is 3. The van der Waals surface area contributed by atoms with E-state index in [9.17, 15) is 9.18 Å². The number of fused-ring (bicyclic) bond motifs is 1. The molecule has 7 nitrogen and oxygen atoms in total. The number of H-pyrrole nitrogens is 1. The number of halogens is 1. The quantitative estimate of drug-likeness (QED) is 0.390. The van der Waals surface area contributed by atoms with E-state index < -0.39 is 17.3 Å². The largest absolute Gasteiger partial charge is 0.494 e. The summed E-state index contributed by atoms with van der Waals surface area (Å²) in [6, 6.07) is 11.0. The van der Waals surface area contributed by atoms with E-state index in [1.807, 2.05) is 26.8 Å². The molecule has 2 N–H and O–H groups in total. The van der Waals surface area contributed by atoms with Crippen LogP contribution < -0.4 is 10.1 Å². The number of ether oxygens (including phenoxy) is 2. The molecule has 0 spiro atoms. The smallest absolute Gasteiger partial charge is 0.307 e. The van der Waals surface area contributed by atoms with E-state index in [-0.39, 0.29) is 18.1 Å². The molecule has 1 aliphatic rings. The minimum absolute atomic E-state index is 0.0549.